The molecule has 0 bridgehead atoms. The first-order chi connectivity index (χ1) is 17.1. The third-order valence-electron chi connectivity index (χ3n) is 4.98. The summed E-state index contributed by atoms with van der Waals surface area (Å²) >= 11 is 0. The lowest BCUT2D eigenvalue weighted by molar-refractivity contribution is -0.123. The fourth-order valence-electron chi connectivity index (χ4n) is 3.24. The van der Waals surface area contributed by atoms with Gasteiger partial charge in [0.1, 0.15) is 12.6 Å². The van der Waals surface area contributed by atoms with Crippen molar-refractivity contribution in [1.29, 1.82) is 0 Å². The predicted molar refractivity (Wildman–Crippen MR) is 134 cm³/mol. The van der Waals surface area contributed by atoms with Gasteiger partial charge in [-0.25, -0.2) is 10.2 Å². The van der Waals surface area contributed by atoms with Crippen molar-refractivity contribution < 1.29 is 23.8 Å². The van der Waals surface area contributed by atoms with Gasteiger partial charge in [0, 0.05) is 6.42 Å². The van der Waals surface area contributed by atoms with E-state index in [1.165, 1.54) is 6.21 Å². The molecule has 35 heavy (non-hydrogen) atoms. The molecule has 182 valence electrons. The monoisotopic (exact) mass is 475 g/mol. The molecule has 3 aromatic rings. The van der Waals surface area contributed by atoms with Crippen molar-refractivity contribution in [1.82, 2.24) is 10.7 Å². The number of alkyl carbamates (subject to hydrolysis) is 1. The number of ether oxygens (including phenoxy) is 3. The van der Waals surface area contributed by atoms with Crippen molar-refractivity contribution in [2.75, 3.05) is 13.7 Å². The predicted octanol–water partition coefficient (Wildman–Crippen LogP) is 4.08. The van der Waals surface area contributed by atoms with Crippen LogP contribution in [-0.4, -0.2) is 38.0 Å². The summed E-state index contributed by atoms with van der Waals surface area (Å²) in [6, 6.07) is 23.7. The van der Waals surface area contributed by atoms with Crippen LogP contribution in [0.2, 0.25) is 0 Å². The molecule has 2 amide bonds. The molecule has 0 saturated heterocycles. The molecule has 2 N–H and O–H groups in total. The van der Waals surface area contributed by atoms with E-state index >= 15 is 0 Å². The number of benzene rings is 3. The van der Waals surface area contributed by atoms with Gasteiger partial charge in [0.15, 0.2) is 11.5 Å². The Kier molecular flexibility index (Phi) is 9.68. The van der Waals surface area contributed by atoms with Crippen LogP contribution in [0.25, 0.3) is 0 Å². The van der Waals surface area contributed by atoms with E-state index < -0.39 is 18.0 Å². The molecule has 0 aliphatic carbocycles. The first-order valence-electron chi connectivity index (χ1n) is 11.2. The molecule has 0 unspecified atom stereocenters. The van der Waals surface area contributed by atoms with Gasteiger partial charge in [-0.15, -0.1) is 0 Å². The highest BCUT2D eigenvalue weighted by Crippen LogP contribution is 2.28. The lowest BCUT2D eigenvalue weighted by Crippen LogP contribution is -2.47. The van der Waals surface area contributed by atoms with Crippen LogP contribution in [0.5, 0.6) is 11.5 Å². The first-order valence-corrected chi connectivity index (χ1v) is 11.2. The standard InChI is InChI=1S/C27H29N3O5/c1-3-34-27(32)29-23(16-20-10-6-4-7-11-20)26(31)30-28-18-22-14-15-24(25(17-22)33-2)35-19-21-12-8-5-9-13-21/h4-15,17-18,23H,3,16,19H2,1-2H3,(H,29,32)(H,30,31)/b28-18-/t23-/m0/s1. The minimum atomic E-state index is -0.850. The third-order valence-corrected chi connectivity index (χ3v) is 4.98. The van der Waals surface area contributed by atoms with Gasteiger partial charge in [0.25, 0.3) is 5.91 Å². The van der Waals surface area contributed by atoms with E-state index in [2.05, 4.69) is 15.8 Å². The molecule has 8 nitrogen and oxygen atoms in total. The highest BCUT2D eigenvalue weighted by molar-refractivity contribution is 5.87. The summed E-state index contributed by atoms with van der Waals surface area (Å²) in [4.78, 5) is 24.6. The molecule has 3 aromatic carbocycles. The van der Waals surface area contributed by atoms with Crippen LogP contribution in [0, 0.1) is 0 Å². The largest absolute Gasteiger partial charge is 0.493 e. The van der Waals surface area contributed by atoms with Crippen molar-refractivity contribution in [2.45, 2.75) is 26.0 Å². The zero-order valence-electron chi connectivity index (χ0n) is 19.8. The number of hydrazone groups is 1. The first kappa shape index (κ1) is 25.3. The number of carbonyl (C=O) groups excluding carboxylic acids is 2. The quantitative estimate of drug-likeness (QED) is 0.322. The Morgan fingerprint density at radius 3 is 2.29 bits per heavy atom. The Labute approximate surface area is 204 Å². The second-order valence-corrected chi connectivity index (χ2v) is 7.53. The van der Waals surface area contributed by atoms with E-state index in [0.29, 0.717) is 30.1 Å². The Morgan fingerprint density at radius 1 is 0.943 bits per heavy atom. The summed E-state index contributed by atoms with van der Waals surface area (Å²) in [7, 11) is 1.56. The van der Waals surface area contributed by atoms with Gasteiger partial charge < -0.3 is 19.5 Å². The SMILES string of the molecule is CCOC(=O)N[C@@H](Cc1ccccc1)C(=O)N/N=C\c1ccc(OCc2ccccc2)c(OC)c1. The van der Waals surface area contributed by atoms with Gasteiger partial charge in [-0.1, -0.05) is 60.7 Å². The van der Waals surface area contributed by atoms with Crippen LogP contribution >= 0.6 is 0 Å². The van der Waals surface area contributed by atoms with Crippen LogP contribution < -0.4 is 20.2 Å². The molecular weight excluding hydrogens is 446 g/mol. The number of methoxy groups -OCH3 is 1. The van der Waals surface area contributed by atoms with E-state index in [1.54, 1.807) is 32.2 Å². The summed E-state index contributed by atoms with van der Waals surface area (Å²) in [6.07, 6.45) is 1.12. The zero-order valence-corrected chi connectivity index (χ0v) is 19.8. The maximum absolute atomic E-state index is 12.7. The summed E-state index contributed by atoms with van der Waals surface area (Å²) in [5, 5.41) is 6.63. The maximum atomic E-state index is 12.7. The fourth-order valence-corrected chi connectivity index (χ4v) is 3.24. The Hall–Kier alpha value is -4.33. The fraction of sp³-hybridized carbons (Fsp3) is 0.222. The number of nitrogens with one attached hydrogen (secondary N) is 2. The Bertz CT molecular complexity index is 1120. The lowest BCUT2D eigenvalue weighted by atomic mass is 10.1. The molecule has 0 radical (unpaired) electrons. The zero-order chi connectivity index (χ0) is 24.9. The number of amides is 2. The van der Waals surface area contributed by atoms with Crippen molar-refractivity contribution in [2.24, 2.45) is 5.10 Å². The van der Waals surface area contributed by atoms with Gasteiger partial charge in [-0.05, 0) is 41.8 Å². The Balaban J connectivity index is 1.62. The van der Waals surface area contributed by atoms with Gasteiger partial charge in [-0.3, -0.25) is 4.79 Å². The molecule has 0 spiro atoms. The summed E-state index contributed by atoms with van der Waals surface area (Å²) < 4.78 is 16.2. The van der Waals surface area contributed by atoms with E-state index in [9.17, 15) is 9.59 Å². The molecule has 0 fully saturated rings. The van der Waals surface area contributed by atoms with Crippen molar-refractivity contribution in [3.63, 3.8) is 0 Å². The smallest absolute Gasteiger partial charge is 0.407 e. The van der Waals surface area contributed by atoms with Gasteiger partial charge >= 0.3 is 6.09 Å². The molecule has 8 heteroatoms. The molecule has 0 aliphatic heterocycles. The number of rotatable bonds is 11. The summed E-state index contributed by atoms with van der Waals surface area (Å²) in [6.45, 7) is 2.32. The number of hydrogen-bond donors (Lipinski definition) is 2. The third kappa shape index (κ3) is 8.19. The van der Waals surface area contributed by atoms with Gasteiger partial charge in [0.2, 0.25) is 0 Å². The Morgan fingerprint density at radius 2 is 1.63 bits per heavy atom. The normalized spacial score (nSPS) is 11.5. The van der Waals surface area contributed by atoms with Crippen LogP contribution in [0.4, 0.5) is 4.79 Å². The van der Waals surface area contributed by atoms with Crippen molar-refractivity contribution in [3.05, 3.63) is 95.6 Å². The van der Waals surface area contributed by atoms with Crippen molar-refractivity contribution >= 4 is 18.2 Å². The maximum Gasteiger partial charge on any atom is 0.407 e. The second kappa shape index (κ2) is 13.4. The molecule has 0 saturated carbocycles. The molecular formula is C27H29N3O5. The number of hydrogen-bond acceptors (Lipinski definition) is 6. The average molecular weight is 476 g/mol. The molecule has 3 rings (SSSR count). The average Bonchev–Trinajstić information content (AvgIpc) is 2.88. The van der Waals surface area contributed by atoms with Crippen molar-refractivity contribution in [3.8, 4) is 11.5 Å². The number of nitrogens with zero attached hydrogens (tertiary/aromatic N) is 1. The molecule has 0 heterocycles. The molecule has 0 aromatic heterocycles. The highest BCUT2D eigenvalue weighted by Gasteiger charge is 2.21. The molecule has 1 atom stereocenters. The lowest BCUT2D eigenvalue weighted by Gasteiger charge is -2.16. The summed E-state index contributed by atoms with van der Waals surface area (Å²) in [5.74, 6) is 0.675. The molecule has 0 aliphatic rings. The number of carbonyl (C=O) groups is 2. The minimum Gasteiger partial charge on any atom is -0.493 e. The topological polar surface area (TPSA) is 98.2 Å². The van der Waals surface area contributed by atoms with E-state index in [0.717, 1.165) is 11.1 Å². The van der Waals surface area contributed by atoms with Crippen LogP contribution in [-0.2, 0) is 22.6 Å². The second-order valence-electron chi connectivity index (χ2n) is 7.53. The van der Waals surface area contributed by atoms with E-state index in [1.807, 2.05) is 60.7 Å². The summed E-state index contributed by atoms with van der Waals surface area (Å²) in [5.41, 5.74) is 5.13. The van der Waals surface area contributed by atoms with E-state index in [4.69, 9.17) is 14.2 Å². The van der Waals surface area contributed by atoms with Gasteiger partial charge in [0.05, 0.1) is 19.9 Å². The van der Waals surface area contributed by atoms with Crippen LogP contribution in [0.1, 0.15) is 23.6 Å². The van der Waals surface area contributed by atoms with E-state index in [-0.39, 0.29) is 6.61 Å². The highest BCUT2D eigenvalue weighted by atomic mass is 16.5. The minimum absolute atomic E-state index is 0.205. The van der Waals surface area contributed by atoms with Crippen LogP contribution in [0.15, 0.2) is 84.0 Å². The van der Waals surface area contributed by atoms with Crippen LogP contribution in [0.3, 0.4) is 0 Å². The van der Waals surface area contributed by atoms with Gasteiger partial charge in [-0.2, -0.15) is 5.10 Å².